The van der Waals surface area contributed by atoms with Crippen molar-refractivity contribution in [1.82, 2.24) is 5.32 Å². The third-order valence-electron chi connectivity index (χ3n) is 3.66. The molecule has 2 aromatic carbocycles. The van der Waals surface area contributed by atoms with Crippen molar-refractivity contribution in [1.29, 1.82) is 0 Å². The van der Waals surface area contributed by atoms with E-state index in [1.54, 1.807) is 0 Å². The van der Waals surface area contributed by atoms with Gasteiger partial charge in [-0.1, -0.05) is 56.3 Å². The molecule has 0 amide bonds. The van der Waals surface area contributed by atoms with Crippen molar-refractivity contribution in [2.24, 2.45) is 0 Å². The summed E-state index contributed by atoms with van der Waals surface area (Å²) in [6.07, 6.45) is 1.02. The Hall–Kier alpha value is -1.67. The monoisotopic (exact) mass is 271 g/mol. The molecule has 0 aliphatic heterocycles. The zero-order valence-corrected chi connectivity index (χ0v) is 12.4. The fraction of sp³-hybridized carbons (Fsp3) is 0.333. The first-order valence-electron chi connectivity index (χ1n) is 7.24. The average Bonchev–Trinajstić information content (AvgIpc) is 2.48. The summed E-state index contributed by atoms with van der Waals surface area (Å²) in [6, 6.07) is 13.9. The fourth-order valence-electron chi connectivity index (χ4n) is 2.45. The molecular weight excluding hydrogens is 249 g/mol. The van der Waals surface area contributed by atoms with Crippen LogP contribution in [0.3, 0.4) is 0 Å². The van der Waals surface area contributed by atoms with Crippen LogP contribution in [0.4, 0.5) is 4.39 Å². The maximum absolute atomic E-state index is 14.4. The molecule has 1 atom stereocenters. The standard InChI is InChI=1S/C18H22FN/c1-4-14-9-11-15(12-10-14)18(20-5-2)16-8-6-7-13(3)17(16)19/h6-12,18,20H,4-5H2,1-3H3. The van der Waals surface area contributed by atoms with E-state index in [-0.39, 0.29) is 11.9 Å². The van der Waals surface area contributed by atoms with Gasteiger partial charge in [0.1, 0.15) is 5.82 Å². The summed E-state index contributed by atoms with van der Waals surface area (Å²) in [5, 5.41) is 3.38. The minimum atomic E-state index is -0.113. The van der Waals surface area contributed by atoms with Crippen LogP contribution in [0.25, 0.3) is 0 Å². The van der Waals surface area contributed by atoms with Gasteiger partial charge in [-0.3, -0.25) is 0 Å². The predicted molar refractivity (Wildman–Crippen MR) is 82.5 cm³/mol. The minimum Gasteiger partial charge on any atom is -0.306 e. The molecule has 0 spiro atoms. The lowest BCUT2D eigenvalue weighted by atomic mass is 9.95. The second kappa shape index (κ2) is 6.67. The van der Waals surface area contributed by atoms with Crippen molar-refractivity contribution in [2.75, 3.05) is 6.54 Å². The molecule has 0 aliphatic rings. The highest BCUT2D eigenvalue weighted by molar-refractivity contribution is 5.36. The van der Waals surface area contributed by atoms with Crippen LogP contribution in [0, 0.1) is 12.7 Å². The van der Waals surface area contributed by atoms with Crippen molar-refractivity contribution >= 4 is 0 Å². The van der Waals surface area contributed by atoms with Gasteiger partial charge < -0.3 is 5.32 Å². The van der Waals surface area contributed by atoms with Crippen molar-refractivity contribution in [3.8, 4) is 0 Å². The van der Waals surface area contributed by atoms with E-state index < -0.39 is 0 Å². The van der Waals surface area contributed by atoms with E-state index in [2.05, 4.69) is 36.5 Å². The summed E-state index contributed by atoms with van der Waals surface area (Å²) in [5.41, 5.74) is 3.81. The zero-order valence-electron chi connectivity index (χ0n) is 12.4. The number of halogens is 1. The fourth-order valence-corrected chi connectivity index (χ4v) is 2.45. The van der Waals surface area contributed by atoms with Gasteiger partial charge in [-0.15, -0.1) is 0 Å². The molecule has 0 fully saturated rings. The summed E-state index contributed by atoms with van der Waals surface area (Å²) in [6.45, 7) is 6.79. The molecule has 0 saturated carbocycles. The number of hydrogen-bond donors (Lipinski definition) is 1. The number of benzene rings is 2. The Kier molecular flexibility index (Phi) is 4.91. The van der Waals surface area contributed by atoms with Crippen LogP contribution in [-0.4, -0.2) is 6.54 Å². The van der Waals surface area contributed by atoms with Gasteiger partial charge in [-0.2, -0.15) is 0 Å². The van der Waals surface area contributed by atoms with Crippen molar-refractivity contribution < 1.29 is 4.39 Å². The number of aryl methyl sites for hydroxylation is 2. The third-order valence-corrected chi connectivity index (χ3v) is 3.66. The highest BCUT2D eigenvalue weighted by atomic mass is 19.1. The van der Waals surface area contributed by atoms with E-state index in [4.69, 9.17) is 0 Å². The van der Waals surface area contributed by atoms with Crippen LogP contribution in [-0.2, 0) is 6.42 Å². The molecule has 0 radical (unpaired) electrons. The van der Waals surface area contributed by atoms with Crippen molar-refractivity contribution in [3.05, 3.63) is 70.5 Å². The Bertz CT molecular complexity index is 560. The highest BCUT2D eigenvalue weighted by Crippen LogP contribution is 2.26. The topological polar surface area (TPSA) is 12.0 Å². The molecule has 0 aromatic heterocycles. The lowest BCUT2D eigenvalue weighted by Gasteiger charge is -2.20. The number of nitrogens with one attached hydrogen (secondary N) is 1. The lowest BCUT2D eigenvalue weighted by molar-refractivity contribution is 0.553. The van der Waals surface area contributed by atoms with E-state index in [1.807, 2.05) is 32.0 Å². The molecule has 0 saturated heterocycles. The van der Waals surface area contributed by atoms with Gasteiger partial charge >= 0.3 is 0 Å². The molecule has 1 unspecified atom stereocenters. The summed E-state index contributed by atoms with van der Waals surface area (Å²) >= 11 is 0. The summed E-state index contributed by atoms with van der Waals surface area (Å²) < 4.78 is 14.4. The van der Waals surface area contributed by atoms with Crippen LogP contribution in [0.1, 0.15) is 42.1 Å². The maximum atomic E-state index is 14.4. The maximum Gasteiger partial charge on any atom is 0.131 e. The summed E-state index contributed by atoms with van der Waals surface area (Å²) in [4.78, 5) is 0. The Morgan fingerprint density at radius 3 is 2.35 bits per heavy atom. The first-order chi connectivity index (χ1) is 9.67. The Balaban J connectivity index is 2.41. The van der Waals surface area contributed by atoms with Crippen LogP contribution in [0.2, 0.25) is 0 Å². The zero-order chi connectivity index (χ0) is 14.5. The van der Waals surface area contributed by atoms with Crippen LogP contribution < -0.4 is 5.32 Å². The number of rotatable bonds is 5. The van der Waals surface area contributed by atoms with E-state index in [0.717, 1.165) is 24.1 Å². The van der Waals surface area contributed by atoms with E-state index in [9.17, 15) is 4.39 Å². The van der Waals surface area contributed by atoms with Gasteiger partial charge in [0, 0.05) is 5.56 Å². The molecular formula is C18H22FN. The highest BCUT2D eigenvalue weighted by Gasteiger charge is 2.17. The van der Waals surface area contributed by atoms with Gasteiger partial charge in [0.2, 0.25) is 0 Å². The van der Waals surface area contributed by atoms with E-state index in [0.29, 0.717) is 5.56 Å². The third kappa shape index (κ3) is 3.07. The first-order valence-corrected chi connectivity index (χ1v) is 7.24. The van der Waals surface area contributed by atoms with E-state index in [1.165, 1.54) is 5.56 Å². The molecule has 0 bridgehead atoms. The smallest absolute Gasteiger partial charge is 0.131 e. The quantitative estimate of drug-likeness (QED) is 0.850. The molecule has 2 heteroatoms. The molecule has 106 valence electrons. The van der Waals surface area contributed by atoms with Crippen molar-refractivity contribution in [2.45, 2.75) is 33.2 Å². The van der Waals surface area contributed by atoms with Gasteiger partial charge in [0.05, 0.1) is 6.04 Å². The second-order valence-corrected chi connectivity index (χ2v) is 5.06. The summed E-state index contributed by atoms with van der Waals surface area (Å²) in [5.74, 6) is -0.113. The lowest BCUT2D eigenvalue weighted by Crippen LogP contribution is -2.23. The second-order valence-electron chi connectivity index (χ2n) is 5.06. The summed E-state index contributed by atoms with van der Waals surface area (Å²) in [7, 11) is 0. The molecule has 1 N–H and O–H groups in total. The first kappa shape index (κ1) is 14.7. The largest absolute Gasteiger partial charge is 0.306 e. The Morgan fingerprint density at radius 2 is 1.75 bits per heavy atom. The van der Waals surface area contributed by atoms with Gasteiger partial charge in [0.25, 0.3) is 0 Å². The van der Waals surface area contributed by atoms with Crippen LogP contribution in [0.15, 0.2) is 42.5 Å². The molecule has 20 heavy (non-hydrogen) atoms. The van der Waals surface area contributed by atoms with Crippen LogP contribution >= 0.6 is 0 Å². The van der Waals surface area contributed by atoms with Gasteiger partial charge in [-0.25, -0.2) is 4.39 Å². The Morgan fingerprint density at radius 1 is 1.05 bits per heavy atom. The van der Waals surface area contributed by atoms with Gasteiger partial charge in [-0.05, 0) is 36.6 Å². The van der Waals surface area contributed by atoms with Crippen molar-refractivity contribution in [3.63, 3.8) is 0 Å². The predicted octanol–water partition coefficient (Wildman–Crippen LogP) is 4.40. The van der Waals surface area contributed by atoms with Gasteiger partial charge in [0.15, 0.2) is 0 Å². The molecule has 2 rings (SSSR count). The Labute approximate surface area is 120 Å². The molecule has 0 aliphatic carbocycles. The average molecular weight is 271 g/mol. The molecule has 0 heterocycles. The van der Waals surface area contributed by atoms with Crippen LogP contribution in [0.5, 0.6) is 0 Å². The minimum absolute atomic E-state index is 0.0918. The molecule has 1 nitrogen and oxygen atoms in total. The SMILES string of the molecule is CCNC(c1ccc(CC)cc1)c1cccc(C)c1F. The number of hydrogen-bond acceptors (Lipinski definition) is 1. The van der Waals surface area contributed by atoms with E-state index >= 15 is 0 Å². The normalized spacial score (nSPS) is 12.4. The molecule has 2 aromatic rings.